The van der Waals surface area contributed by atoms with E-state index < -0.39 is 0 Å². The van der Waals surface area contributed by atoms with Gasteiger partial charge in [0, 0.05) is 0 Å². The van der Waals surface area contributed by atoms with E-state index in [1.54, 1.807) is 0 Å². The molecule has 102 valence electrons. The first-order chi connectivity index (χ1) is 9.90. The Morgan fingerprint density at radius 3 is 2.80 bits per heavy atom. The van der Waals surface area contributed by atoms with Crippen LogP contribution in [-0.2, 0) is 0 Å². The molecule has 3 rings (SSSR count). The monoisotopic (exact) mass is 263 g/mol. The number of benzene rings is 1. The van der Waals surface area contributed by atoms with E-state index in [1.807, 2.05) is 7.05 Å². The smallest absolute Gasteiger partial charge is 0.00169 e. The van der Waals surface area contributed by atoms with Gasteiger partial charge in [-0.25, -0.2) is 0 Å². The predicted octanol–water partition coefficient (Wildman–Crippen LogP) is 4.35. The van der Waals surface area contributed by atoms with Crippen molar-refractivity contribution in [3.05, 3.63) is 71.3 Å². The first-order valence-electron chi connectivity index (χ1n) is 7.42. The van der Waals surface area contributed by atoms with Crippen molar-refractivity contribution in [3.8, 4) is 0 Å². The van der Waals surface area contributed by atoms with Gasteiger partial charge in [-0.3, -0.25) is 0 Å². The lowest BCUT2D eigenvalue weighted by molar-refractivity contribution is 0.808. The summed E-state index contributed by atoms with van der Waals surface area (Å²) in [6.07, 6.45) is 14.8. The third-order valence-corrected chi connectivity index (χ3v) is 3.97. The average Bonchev–Trinajstić information content (AvgIpc) is 2.66. The second-order valence-electron chi connectivity index (χ2n) is 5.31. The Morgan fingerprint density at radius 1 is 1.10 bits per heavy atom. The summed E-state index contributed by atoms with van der Waals surface area (Å²) in [4.78, 5) is 0. The summed E-state index contributed by atoms with van der Waals surface area (Å²) in [6, 6.07) is 8.81. The molecule has 0 radical (unpaired) electrons. The maximum Gasteiger partial charge on any atom is -0.00169 e. The van der Waals surface area contributed by atoms with E-state index >= 15 is 0 Å². The average molecular weight is 263 g/mol. The Bertz CT molecular complexity index is 614. The van der Waals surface area contributed by atoms with Crippen LogP contribution in [0.1, 0.15) is 30.4 Å². The highest BCUT2D eigenvalue weighted by Gasteiger charge is 2.16. The van der Waals surface area contributed by atoms with Crippen LogP contribution in [0.3, 0.4) is 0 Å². The number of allylic oxidation sites excluding steroid dienone is 7. The molecule has 20 heavy (non-hydrogen) atoms. The molecule has 0 fully saturated rings. The van der Waals surface area contributed by atoms with Crippen molar-refractivity contribution >= 4 is 11.1 Å². The normalized spacial score (nSPS) is 18.9. The van der Waals surface area contributed by atoms with Gasteiger partial charge < -0.3 is 5.32 Å². The minimum Gasteiger partial charge on any atom is -0.319 e. The fourth-order valence-corrected chi connectivity index (χ4v) is 2.95. The van der Waals surface area contributed by atoms with Crippen LogP contribution in [-0.4, -0.2) is 13.6 Å². The minimum atomic E-state index is 1.02. The van der Waals surface area contributed by atoms with E-state index in [9.17, 15) is 0 Å². The van der Waals surface area contributed by atoms with Crippen molar-refractivity contribution in [2.24, 2.45) is 0 Å². The Labute approximate surface area is 121 Å². The van der Waals surface area contributed by atoms with Gasteiger partial charge >= 0.3 is 0 Å². The molecule has 0 bridgehead atoms. The van der Waals surface area contributed by atoms with Gasteiger partial charge in [0.25, 0.3) is 0 Å². The van der Waals surface area contributed by atoms with Crippen LogP contribution < -0.4 is 5.32 Å². The summed E-state index contributed by atoms with van der Waals surface area (Å²) in [5.74, 6) is 0. The fourth-order valence-electron chi connectivity index (χ4n) is 2.95. The third kappa shape index (κ3) is 2.54. The number of hydrogen-bond donors (Lipinski definition) is 1. The highest BCUT2D eigenvalue weighted by molar-refractivity contribution is 5.89. The minimum absolute atomic E-state index is 1.02. The van der Waals surface area contributed by atoms with E-state index in [1.165, 1.54) is 27.8 Å². The van der Waals surface area contributed by atoms with E-state index in [0.29, 0.717) is 0 Å². The Hall–Kier alpha value is -1.86. The molecule has 0 aliphatic heterocycles. The number of nitrogens with one attached hydrogen (secondary N) is 1. The van der Waals surface area contributed by atoms with Crippen LogP contribution >= 0.6 is 0 Å². The predicted molar refractivity (Wildman–Crippen MR) is 87.4 cm³/mol. The second kappa shape index (κ2) is 6.06. The Morgan fingerprint density at radius 2 is 1.95 bits per heavy atom. The van der Waals surface area contributed by atoms with Crippen molar-refractivity contribution < 1.29 is 0 Å². The van der Waals surface area contributed by atoms with Gasteiger partial charge in [-0.15, -0.1) is 0 Å². The highest BCUT2D eigenvalue weighted by atomic mass is 14.8. The first kappa shape index (κ1) is 13.1. The Kier molecular flexibility index (Phi) is 3.98. The molecule has 0 spiro atoms. The van der Waals surface area contributed by atoms with Crippen molar-refractivity contribution in [1.82, 2.24) is 5.32 Å². The second-order valence-corrected chi connectivity index (χ2v) is 5.31. The molecule has 1 aromatic rings. The van der Waals surface area contributed by atoms with Gasteiger partial charge in [0.05, 0.1) is 0 Å². The maximum absolute atomic E-state index is 3.21. The molecule has 0 heterocycles. The van der Waals surface area contributed by atoms with Gasteiger partial charge in [-0.2, -0.15) is 0 Å². The van der Waals surface area contributed by atoms with Gasteiger partial charge in [-0.1, -0.05) is 54.6 Å². The van der Waals surface area contributed by atoms with E-state index in [4.69, 9.17) is 0 Å². The van der Waals surface area contributed by atoms with Crippen LogP contribution in [0.25, 0.3) is 11.1 Å². The summed E-state index contributed by atoms with van der Waals surface area (Å²) in [5.41, 5.74) is 7.00. The van der Waals surface area contributed by atoms with Crippen molar-refractivity contribution in [2.75, 3.05) is 13.6 Å². The lowest BCUT2D eigenvalue weighted by atomic mass is 9.89. The van der Waals surface area contributed by atoms with Crippen LogP contribution in [0.15, 0.2) is 60.2 Å². The molecular formula is C19H21N. The summed E-state index contributed by atoms with van der Waals surface area (Å²) < 4.78 is 0. The highest BCUT2D eigenvalue weighted by Crippen LogP contribution is 2.37. The lowest BCUT2D eigenvalue weighted by Crippen LogP contribution is -2.06. The lowest BCUT2D eigenvalue weighted by Gasteiger charge is -2.15. The number of rotatable bonds is 3. The molecule has 0 saturated carbocycles. The summed E-state index contributed by atoms with van der Waals surface area (Å²) in [5, 5.41) is 3.21. The summed E-state index contributed by atoms with van der Waals surface area (Å²) in [7, 11) is 2.00. The molecular weight excluding hydrogens is 242 g/mol. The summed E-state index contributed by atoms with van der Waals surface area (Å²) in [6.45, 7) is 1.02. The van der Waals surface area contributed by atoms with E-state index in [-0.39, 0.29) is 0 Å². The molecule has 0 amide bonds. The summed E-state index contributed by atoms with van der Waals surface area (Å²) >= 11 is 0. The largest absolute Gasteiger partial charge is 0.319 e. The molecule has 1 aromatic carbocycles. The molecule has 0 atom stereocenters. The third-order valence-electron chi connectivity index (χ3n) is 3.97. The van der Waals surface area contributed by atoms with Gasteiger partial charge in [-0.05, 0) is 60.7 Å². The van der Waals surface area contributed by atoms with E-state index in [0.717, 1.165) is 25.8 Å². The van der Waals surface area contributed by atoms with Crippen molar-refractivity contribution in [1.29, 1.82) is 0 Å². The molecule has 2 aliphatic rings. The van der Waals surface area contributed by atoms with Crippen LogP contribution in [0.5, 0.6) is 0 Å². The van der Waals surface area contributed by atoms with Crippen molar-refractivity contribution in [3.63, 3.8) is 0 Å². The first-order valence-corrected chi connectivity index (χ1v) is 7.42. The topological polar surface area (TPSA) is 12.0 Å². The quantitative estimate of drug-likeness (QED) is 0.799. The SMILES string of the molecule is CNCCC=C1C=CC2=C(CCC=C2)c2ccccc21. The molecule has 2 aliphatic carbocycles. The van der Waals surface area contributed by atoms with Crippen LogP contribution in [0.4, 0.5) is 0 Å². The van der Waals surface area contributed by atoms with Gasteiger partial charge in [0.2, 0.25) is 0 Å². The van der Waals surface area contributed by atoms with Crippen LogP contribution in [0, 0.1) is 0 Å². The number of hydrogen-bond acceptors (Lipinski definition) is 1. The van der Waals surface area contributed by atoms with Crippen molar-refractivity contribution in [2.45, 2.75) is 19.3 Å². The zero-order chi connectivity index (χ0) is 13.8. The van der Waals surface area contributed by atoms with Crippen LogP contribution in [0.2, 0.25) is 0 Å². The fraction of sp³-hybridized carbons (Fsp3) is 0.263. The zero-order valence-corrected chi connectivity index (χ0v) is 12.0. The molecule has 1 heteroatoms. The van der Waals surface area contributed by atoms with Gasteiger partial charge in [0.1, 0.15) is 0 Å². The van der Waals surface area contributed by atoms with Gasteiger partial charge in [0.15, 0.2) is 0 Å². The standard InChI is InChI=1S/C19H21N/c1-20-14-6-8-16-13-12-15-7-2-3-9-17(15)19-11-5-4-10-18(16)19/h2,4-5,7-8,10-13,20H,3,6,9,14H2,1H3. The molecule has 0 aromatic heterocycles. The molecule has 0 unspecified atom stereocenters. The maximum atomic E-state index is 3.21. The van der Waals surface area contributed by atoms with E-state index in [2.05, 4.69) is 60.0 Å². The Balaban J connectivity index is 2.07. The zero-order valence-electron chi connectivity index (χ0n) is 12.0. The molecule has 1 nitrogen and oxygen atoms in total. The molecule has 1 N–H and O–H groups in total. The number of fused-ring (bicyclic) bond motifs is 2. The molecule has 0 saturated heterocycles.